The summed E-state index contributed by atoms with van der Waals surface area (Å²) in [5, 5.41) is 7.03. The molecule has 1 saturated heterocycles. The predicted octanol–water partition coefficient (Wildman–Crippen LogP) is 3.81. The smallest absolute Gasteiger partial charge is 0.191 e. The van der Waals surface area contributed by atoms with Crippen LogP contribution in [0.1, 0.15) is 44.6 Å². The van der Waals surface area contributed by atoms with Gasteiger partial charge >= 0.3 is 0 Å². The van der Waals surface area contributed by atoms with Crippen molar-refractivity contribution in [2.45, 2.75) is 45.1 Å². The highest BCUT2D eigenvalue weighted by atomic mass is 16.5. The van der Waals surface area contributed by atoms with E-state index in [0.29, 0.717) is 12.0 Å². The molecular weight excluding hydrogens is 374 g/mol. The maximum absolute atomic E-state index is 5.25. The zero-order chi connectivity index (χ0) is 21.2. The van der Waals surface area contributed by atoms with Gasteiger partial charge in [0.15, 0.2) is 5.96 Å². The summed E-state index contributed by atoms with van der Waals surface area (Å²) < 4.78 is 5.25. The van der Waals surface area contributed by atoms with Crippen molar-refractivity contribution < 1.29 is 4.74 Å². The van der Waals surface area contributed by atoms with Gasteiger partial charge in [-0.3, -0.25) is 4.99 Å². The first-order valence-corrected chi connectivity index (χ1v) is 11.0. The zero-order valence-electron chi connectivity index (χ0n) is 18.5. The number of benzene rings is 1. The molecule has 2 heterocycles. The zero-order valence-corrected chi connectivity index (χ0v) is 18.5. The van der Waals surface area contributed by atoms with Crippen LogP contribution in [0.3, 0.4) is 0 Å². The van der Waals surface area contributed by atoms with Gasteiger partial charge in [-0.1, -0.05) is 25.1 Å². The van der Waals surface area contributed by atoms with E-state index in [1.807, 2.05) is 24.4 Å². The molecule has 6 heteroatoms. The third-order valence-electron chi connectivity index (χ3n) is 5.67. The number of anilines is 1. The van der Waals surface area contributed by atoms with Crippen LogP contribution in [-0.4, -0.2) is 50.3 Å². The lowest BCUT2D eigenvalue weighted by molar-refractivity contribution is 0.414. The molecule has 1 aliphatic rings. The molecule has 2 aromatic rings. The van der Waals surface area contributed by atoms with Gasteiger partial charge in [0.1, 0.15) is 11.6 Å². The van der Waals surface area contributed by atoms with Gasteiger partial charge in [-0.25, -0.2) is 4.98 Å². The second-order valence-electron chi connectivity index (χ2n) is 7.82. The highest BCUT2D eigenvalue weighted by molar-refractivity contribution is 5.80. The molecule has 0 amide bonds. The van der Waals surface area contributed by atoms with Crippen molar-refractivity contribution in [1.82, 2.24) is 15.6 Å². The SMILES string of the molecule is CCNC(=NCCC(C)c1ccc(OC)cc1)NC1CCN(c2ccccn2)CC1. The van der Waals surface area contributed by atoms with E-state index in [2.05, 4.69) is 58.6 Å². The lowest BCUT2D eigenvalue weighted by Gasteiger charge is -2.33. The molecular formula is C24H35N5O. The van der Waals surface area contributed by atoms with E-state index in [-0.39, 0.29) is 0 Å². The Kier molecular flexibility index (Phi) is 8.36. The summed E-state index contributed by atoms with van der Waals surface area (Å²) in [5.74, 6) is 3.36. The van der Waals surface area contributed by atoms with Crippen molar-refractivity contribution in [2.24, 2.45) is 4.99 Å². The lowest BCUT2D eigenvalue weighted by atomic mass is 9.98. The fourth-order valence-corrected chi connectivity index (χ4v) is 3.78. The van der Waals surface area contributed by atoms with Crippen LogP contribution in [0.25, 0.3) is 0 Å². The van der Waals surface area contributed by atoms with Crippen LogP contribution in [0.4, 0.5) is 5.82 Å². The van der Waals surface area contributed by atoms with Gasteiger partial charge in [0.2, 0.25) is 0 Å². The van der Waals surface area contributed by atoms with E-state index in [1.54, 1.807) is 7.11 Å². The minimum absolute atomic E-state index is 0.446. The van der Waals surface area contributed by atoms with Gasteiger partial charge in [0, 0.05) is 38.4 Å². The van der Waals surface area contributed by atoms with E-state index in [9.17, 15) is 0 Å². The molecule has 0 saturated carbocycles. The fourth-order valence-electron chi connectivity index (χ4n) is 3.78. The monoisotopic (exact) mass is 409 g/mol. The molecule has 0 bridgehead atoms. The molecule has 0 radical (unpaired) electrons. The van der Waals surface area contributed by atoms with Crippen molar-refractivity contribution in [3.63, 3.8) is 0 Å². The Labute approximate surface area is 180 Å². The van der Waals surface area contributed by atoms with Crippen LogP contribution in [0.5, 0.6) is 5.75 Å². The van der Waals surface area contributed by atoms with Crippen LogP contribution in [-0.2, 0) is 0 Å². The Morgan fingerprint density at radius 2 is 1.97 bits per heavy atom. The first-order chi connectivity index (χ1) is 14.7. The number of aliphatic imine (C=N–C) groups is 1. The maximum atomic E-state index is 5.25. The maximum Gasteiger partial charge on any atom is 0.191 e. The predicted molar refractivity (Wildman–Crippen MR) is 125 cm³/mol. The van der Waals surface area contributed by atoms with Crippen molar-refractivity contribution in [3.05, 3.63) is 54.2 Å². The molecule has 162 valence electrons. The molecule has 0 spiro atoms. The molecule has 1 fully saturated rings. The Balaban J connectivity index is 1.47. The van der Waals surface area contributed by atoms with E-state index in [4.69, 9.17) is 9.73 Å². The minimum Gasteiger partial charge on any atom is -0.497 e. The summed E-state index contributed by atoms with van der Waals surface area (Å²) >= 11 is 0. The van der Waals surface area contributed by atoms with Gasteiger partial charge < -0.3 is 20.3 Å². The second-order valence-corrected chi connectivity index (χ2v) is 7.82. The number of rotatable bonds is 8. The van der Waals surface area contributed by atoms with Gasteiger partial charge in [0.05, 0.1) is 7.11 Å². The average Bonchev–Trinajstić information content (AvgIpc) is 2.80. The van der Waals surface area contributed by atoms with Crippen molar-refractivity contribution in [1.29, 1.82) is 0 Å². The van der Waals surface area contributed by atoms with Crippen LogP contribution >= 0.6 is 0 Å². The van der Waals surface area contributed by atoms with E-state index >= 15 is 0 Å². The largest absolute Gasteiger partial charge is 0.497 e. The van der Waals surface area contributed by atoms with E-state index < -0.39 is 0 Å². The number of ether oxygens (including phenoxy) is 1. The minimum atomic E-state index is 0.446. The number of hydrogen-bond acceptors (Lipinski definition) is 4. The topological polar surface area (TPSA) is 61.8 Å². The second kappa shape index (κ2) is 11.4. The molecule has 0 aliphatic carbocycles. The molecule has 1 aromatic carbocycles. The Bertz CT molecular complexity index is 770. The standard InChI is InChI=1S/C24H35N5O/c1-4-25-24(27-16-12-19(2)20-8-10-22(30-3)11-9-20)28-21-13-17-29(18-14-21)23-7-5-6-15-26-23/h5-11,15,19,21H,4,12-14,16-18H2,1-3H3,(H2,25,27,28). The summed E-state index contributed by atoms with van der Waals surface area (Å²) in [6.45, 7) is 8.07. The molecule has 1 atom stereocenters. The molecule has 1 unspecified atom stereocenters. The third kappa shape index (κ3) is 6.37. The number of nitrogens with zero attached hydrogens (tertiary/aromatic N) is 3. The van der Waals surface area contributed by atoms with Crippen LogP contribution < -0.4 is 20.3 Å². The van der Waals surface area contributed by atoms with Crippen LogP contribution in [0, 0.1) is 0 Å². The molecule has 2 N–H and O–H groups in total. The summed E-state index contributed by atoms with van der Waals surface area (Å²) in [7, 11) is 1.70. The van der Waals surface area contributed by atoms with Gasteiger partial charge in [-0.05, 0) is 61.9 Å². The van der Waals surface area contributed by atoms with Crippen molar-refractivity contribution in [2.75, 3.05) is 38.2 Å². The van der Waals surface area contributed by atoms with Gasteiger partial charge in [-0.2, -0.15) is 0 Å². The molecule has 1 aromatic heterocycles. The molecule has 6 nitrogen and oxygen atoms in total. The summed E-state index contributed by atoms with van der Waals surface area (Å²) in [6, 6.07) is 14.9. The summed E-state index contributed by atoms with van der Waals surface area (Å²) in [5.41, 5.74) is 1.32. The van der Waals surface area contributed by atoms with E-state index in [0.717, 1.165) is 63.0 Å². The van der Waals surface area contributed by atoms with Crippen LogP contribution in [0.2, 0.25) is 0 Å². The summed E-state index contributed by atoms with van der Waals surface area (Å²) in [4.78, 5) is 11.7. The Hall–Kier alpha value is -2.76. The lowest BCUT2D eigenvalue weighted by Crippen LogP contribution is -2.49. The van der Waals surface area contributed by atoms with Crippen molar-refractivity contribution >= 4 is 11.8 Å². The Morgan fingerprint density at radius 1 is 1.20 bits per heavy atom. The number of methoxy groups -OCH3 is 1. The highest BCUT2D eigenvalue weighted by Gasteiger charge is 2.20. The quantitative estimate of drug-likeness (QED) is 0.513. The normalized spacial score (nSPS) is 16.2. The average molecular weight is 410 g/mol. The fraction of sp³-hybridized carbons (Fsp3) is 0.500. The number of pyridine rings is 1. The van der Waals surface area contributed by atoms with Crippen LogP contribution in [0.15, 0.2) is 53.7 Å². The number of nitrogens with one attached hydrogen (secondary N) is 2. The molecule has 3 rings (SSSR count). The number of hydrogen-bond donors (Lipinski definition) is 2. The first kappa shape index (κ1) is 21.9. The number of piperidine rings is 1. The third-order valence-corrected chi connectivity index (χ3v) is 5.67. The first-order valence-electron chi connectivity index (χ1n) is 11.0. The molecule has 1 aliphatic heterocycles. The van der Waals surface area contributed by atoms with E-state index in [1.165, 1.54) is 5.56 Å². The van der Waals surface area contributed by atoms with Gasteiger partial charge in [-0.15, -0.1) is 0 Å². The summed E-state index contributed by atoms with van der Waals surface area (Å²) in [6.07, 6.45) is 5.05. The Morgan fingerprint density at radius 3 is 2.60 bits per heavy atom. The number of guanidine groups is 1. The van der Waals surface area contributed by atoms with Gasteiger partial charge in [0.25, 0.3) is 0 Å². The highest BCUT2D eigenvalue weighted by Crippen LogP contribution is 2.22. The molecule has 30 heavy (non-hydrogen) atoms. The van der Waals surface area contributed by atoms with Crippen molar-refractivity contribution in [3.8, 4) is 5.75 Å². The number of aromatic nitrogens is 1.